The molecule has 0 aliphatic heterocycles. The summed E-state index contributed by atoms with van der Waals surface area (Å²) in [6, 6.07) is 17.1. The summed E-state index contributed by atoms with van der Waals surface area (Å²) in [6.07, 6.45) is -2.50. The number of hydrogen-bond donors (Lipinski definition) is 1. The van der Waals surface area contributed by atoms with Gasteiger partial charge in [-0.05, 0) is 81.0 Å². The molecule has 0 radical (unpaired) electrons. The molecule has 1 unspecified atom stereocenters. The molecule has 0 fully saturated rings. The van der Waals surface area contributed by atoms with Crippen molar-refractivity contribution in [1.82, 2.24) is 24.6 Å². The third-order valence-corrected chi connectivity index (χ3v) is 8.10. The van der Waals surface area contributed by atoms with Crippen LogP contribution in [0.1, 0.15) is 34.9 Å². The molecule has 5 rings (SSSR count). The molecule has 1 N–H and O–H groups in total. The van der Waals surface area contributed by atoms with Crippen molar-refractivity contribution in [2.45, 2.75) is 47.4 Å². The van der Waals surface area contributed by atoms with Gasteiger partial charge in [0.2, 0.25) is 0 Å². The van der Waals surface area contributed by atoms with Crippen LogP contribution in [0.25, 0.3) is 22.8 Å². The van der Waals surface area contributed by atoms with E-state index in [1.54, 1.807) is 0 Å². The van der Waals surface area contributed by atoms with Gasteiger partial charge in [0, 0.05) is 23.2 Å². The zero-order valence-corrected chi connectivity index (χ0v) is 26.3. The van der Waals surface area contributed by atoms with Crippen molar-refractivity contribution in [3.8, 4) is 28.5 Å². The average Bonchev–Trinajstić information content (AvgIpc) is 3.59. The van der Waals surface area contributed by atoms with Gasteiger partial charge in [0.05, 0.1) is 11.4 Å². The molecule has 0 bridgehead atoms. The van der Waals surface area contributed by atoms with E-state index in [2.05, 4.69) is 65.0 Å². The minimum Gasteiger partial charge on any atom is -0.406 e. The first-order valence-electron chi connectivity index (χ1n) is 14.3. The number of carbonyl (C=O) groups excluding carboxylic acids is 1. The van der Waals surface area contributed by atoms with Crippen molar-refractivity contribution in [3.63, 3.8) is 0 Å². The molecule has 234 valence electrons. The first-order valence-corrected chi connectivity index (χ1v) is 15.2. The lowest BCUT2D eigenvalue weighted by Crippen LogP contribution is -2.29. The van der Waals surface area contributed by atoms with E-state index in [0.29, 0.717) is 22.9 Å². The lowest BCUT2D eigenvalue weighted by molar-refractivity contribution is -0.274. The highest BCUT2D eigenvalue weighted by Crippen LogP contribution is 2.25. The van der Waals surface area contributed by atoms with Crippen LogP contribution in [0.5, 0.6) is 5.75 Å². The van der Waals surface area contributed by atoms with Crippen LogP contribution in [0.3, 0.4) is 0 Å². The summed E-state index contributed by atoms with van der Waals surface area (Å²) < 4.78 is 44.7. The Labute approximate surface area is 262 Å². The molecule has 0 spiro atoms. The quantitative estimate of drug-likeness (QED) is 0.193. The van der Waals surface area contributed by atoms with Crippen LogP contribution in [0, 0.1) is 33.6 Å². The van der Waals surface area contributed by atoms with E-state index in [-0.39, 0.29) is 17.7 Å². The number of alkyl halides is 3. The predicted molar refractivity (Wildman–Crippen MR) is 168 cm³/mol. The Morgan fingerprint density at radius 3 is 2.33 bits per heavy atom. The number of rotatable bonds is 8. The number of nitrogens with zero attached hydrogens (tertiary/aromatic N) is 5. The van der Waals surface area contributed by atoms with Gasteiger partial charge in [-0.15, -0.1) is 29.6 Å². The van der Waals surface area contributed by atoms with Crippen molar-refractivity contribution in [3.05, 3.63) is 105 Å². The van der Waals surface area contributed by atoms with Gasteiger partial charge < -0.3 is 10.1 Å². The molecule has 0 saturated heterocycles. The SMILES string of the molecule is Cc1cc(C)c(-n2c(C)cs/c2=N\C(=O)NCC(C)Cc2ccc(-c3ncn(-c4ccc(OC(F)(F)F)cc4)n3)cc2)c(C)c1. The monoisotopic (exact) mass is 634 g/mol. The fraction of sp³-hybridized carbons (Fsp3) is 0.273. The van der Waals surface area contributed by atoms with Crippen LogP contribution >= 0.6 is 11.3 Å². The van der Waals surface area contributed by atoms with Crippen LogP contribution in [0.2, 0.25) is 0 Å². The number of amides is 2. The molecule has 0 saturated carbocycles. The van der Waals surface area contributed by atoms with Gasteiger partial charge in [-0.1, -0.05) is 48.9 Å². The molecule has 1 atom stereocenters. The number of thiazole rings is 1. The second kappa shape index (κ2) is 13.1. The van der Waals surface area contributed by atoms with E-state index in [0.717, 1.165) is 40.1 Å². The Bertz CT molecular complexity index is 1850. The van der Waals surface area contributed by atoms with E-state index < -0.39 is 6.36 Å². The largest absolute Gasteiger partial charge is 0.573 e. The molecule has 45 heavy (non-hydrogen) atoms. The Hall–Kier alpha value is -4.71. The van der Waals surface area contributed by atoms with Crippen LogP contribution in [-0.2, 0) is 6.42 Å². The molecule has 0 aliphatic rings. The highest BCUT2D eigenvalue weighted by molar-refractivity contribution is 7.07. The molecule has 3 aromatic carbocycles. The zero-order chi connectivity index (χ0) is 32.3. The standard InChI is InChI=1S/C33H33F3N6O2S/c1-20-14-22(3)29(23(4)15-20)42-24(5)18-45-32(42)39-31(43)37-17-21(2)16-25-6-8-26(9-7-25)30-38-19-41(40-30)27-10-12-28(13-11-27)44-33(34,35)36/h6-15,18-19,21H,16-17H2,1-5H3,(H,37,43)/b39-32-. The number of carbonyl (C=O) groups is 1. The van der Waals surface area contributed by atoms with Crippen LogP contribution in [0.15, 0.2) is 77.4 Å². The maximum atomic E-state index is 12.8. The smallest absolute Gasteiger partial charge is 0.406 e. The number of ether oxygens (including phenoxy) is 1. The second-order valence-corrected chi connectivity index (χ2v) is 11.9. The summed E-state index contributed by atoms with van der Waals surface area (Å²) in [5.41, 5.74) is 7.97. The van der Waals surface area contributed by atoms with Gasteiger partial charge in [-0.2, -0.15) is 4.99 Å². The predicted octanol–water partition coefficient (Wildman–Crippen LogP) is 7.41. The average molecular weight is 635 g/mol. The van der Waals surface area contributed by atoms with E-state index in [4.69, 9.17) is 0 Å². The normalized spacial score (nSPS) is 12.8. The second-order valence-electron chi connectivity index (χ2n) is 11.1. The summed E-state index contributed by atoms with van der Waals surface area (Å²) in [5.74, 6) is 0.339. The number of aryl methyl sites for hydroxylation is 4. The van der Waals surface area contributed by atoms with Crippen molar-refractivity contribution in [1.29, 1.82) is 0 Å². The van der Waals surface area contributed by atoms with Gasteiger partial charge >= 0.3 is 12.4 Å². The summed E-state index contributed by atoms with van der Waals surface area (Å²) in [4.78, 5) is 22.2. The number of benzene rings is 3. The molecular weight excluding hydrogens is 601 g/mol. The number of hydrogen-bond acceptors (Lipinski definition) is 5. The first-order chi connectivity index (χ1) is 21.4. The highest BCUT2D eigenvalue weighted by atomic mass is 32.1. The number of aromatic nitrogens is 4. The zero-order valence-electron chi connectivity index (χ0n) is 25.5. The molecule has 12 heteroatoms. The maximum absolute atomic E-state index is 12.8. The summed E-state index contributed by atoms with van der Waals surface area (Å²) in [5, 5.41) is 9.41. The van der Waals surface area contributed by atoms with Gasteiger partial charge in [-0.25, -0.2) is 14.5 Å². The topological polar surface area (TPSA) is 86.3 Å². The molecule has 0 aliphatic carbocycles. The van der Waals surface area contributed by atoms with Gasteiger partial charge in [-0.3, -0.25) is 4.57 Å². The third-order valence-electron chi connectivity index (χ3n) is 7.16. The molecule has 2 amide bonds. The number of halogens is 3. The number of urea groups is 1. The van der Waals surface area contributed by atoms with Gasteiger partial charge in [0.1, 0.15) is 12.1 Å². The van der Waals surface area contributed by atoms with Crippen LogP contribution in [0.4, 0.5) is 18.0 Å². The van der Waals surface area contributed by atoms with Crippen molar-refractivity contribution >= 4 is 17.4 Å². The van der Waals surface area contributed by atoms with E-state index in [9.17, 15) is 18.0 Å². The lowest BCUT2D eigenvalue weighted by atomic mass is 10.00. The van der Waals surface area contributed by atoms with E-state index in [1.165, 1.54) is 52.2 Å². The Balaban J connectivity index is 1.18. The molecular formula is C33H33F3N6O2S. The Morgan fingerprint density at radius 1 is 1.02 bits per heavy atom. The molecule has 8 nitrogen and oxygen atoms in total. The molecule has 5 aromatic rings. The summed E-state index contributed by atoms with van der Waals surface area (Å²) in [7, 11) is 0. The van der Waals surface area contributed by atoms with Crippen molar-refractivity contribution in [2.75, 3.05) is 6.54 Å². The fourth-order valence-electron chi connectivity index (χ4n) is 5.24. The fourth-order valence-corrected chi connectivity index (χ4v) is 6.10. The summed E-state index contributed by atoms with van der Waals surface area (Å²) in [6.45, 7) is 10.8. The lowest BCUT2D eigenvalue weighted by Gasteiger charge is -2.14. The first kappa shape index (κ1) is 31.7. The van der Waals surface area contributed by atoms with Crippen molar-refractivity contribution < 1.29 is 22.7 Å². The Morgan fingerprint density at radius 2 is 1.69 bits per heavy atom. The van der Waals surface area contributed by atoms with Crippen LogP contribution in [-0.4, -0.2) is 38.3 Å². The maximum Gasteiger partial charge on any atom is 0.573 e. The minimum atomic E-state index is -4.75. The summed E-state index contributed by atoms with van der Waals surface area (Å²) >= 11 is 1.44. The molecule has 2 aromatic heterocycles. The van der Waals surface area contributed by atoms with E-state index >= 15 is 0 Å². The van der Waals surface area contributed by atoms with Gasteiger partial charge in [0.25, 0.3) is 0 Å². The number of nitrogens with one attached hydrogen (secondary N) is 1. The van der Waals surface area contributed by atoms with Crippen LogP contribution < -0.4 is 14.9 Å². The van der Waals surface area contributed by atoms with E-state index in [1.807, 2.05) is 41.1 Å². The highest BCUT2D eigenvalue weighted by Gasteiger charge is 2.31. The van der Waals surface area contributed by atoms with Crippen molar-refractivity contribution in [2.24, 2.45) is 10.9 Å². The Kier molecular flexibility index (Phi) is 9.24. The minimum absolute atomic E-state index is 0.162. The third kappa shape index (κ3) is 7.88. The van der Waals surface area contributed by atoms with Gasteiger partial charge in [0.15, 0.2) is 10.6 Å². The molecule has 2 heterocycles.